The lowest BCUT2D eigenvalue weighted by Crippen LogP contribution is -2.45. The summed E-state index contributed by atoms with van der Waals surface area (Å²) in [5, 5.41) is 0.261. The van der Waals surface area contributed by atoms with Gasteiger partial charge in [0, 0.05) is 25.2 Å². The highest BCUT2D eigenvalue weighted by atomic mass is 35.5. The van der Waals surface area contributed by atoms with Crippen LogP contribution in [0.4, 0.5) is 0 Å². The molecule has 1 atom stereocenters. The van der Waals surface area contributed by atoms with Crippen molar-refractivity contribution in [2.45, 2.75) is 23.8 Å². The van der Waals surface area contributed by atoms with E-state index in [2.05, 4.69) is 9.62 Å². The predicted octanol–water partition coefficient (Wildman–Crippen LogP) is 3.55. The Morgan fingerprint density at radius 3 is 2.45 bits per heavy atom. The summed E-state index contributed by atoms with van der Waals surface area (Å²) in [6.07, 6.45) is 1.68. The van der Waals surface area contributed by atoms with Crippen molar-refractivity contribution in [3.8, 4) is 23.0 Å². The number of rotatable bonds is 6. The van der Waals surface area contributed by atoms with Crippen LogP contribution in [-0.4, -0.2) is 59.0 Å². The SMILES string of the molecule is O=S(=O)(NCC1CCN(C[C@H]2COc3cc4c(cc3O2)OCO4)CC1)c1cccc(Cl)c1Cl. The number of nitrogens with zero attached hydrogens (tertiary/aromatic N) is 1. The molecule has 33 heavy (non-hydrogen) atoms. The van der Waals surface area contributed by atoms with Gasteiger partial charge in [-0.3, -0.25) is 4.90 Å². The number of nitrogens with one attached hydrogen (secondary N) is 1. The maximum atomic E-state index is 12.6. The normalized spacial score (nSPS) is 20.7. The van der Waals surface area contributed by atoms with Crippen LogP contribution in [0, 0.1) is 5.92 Å². The van der Waals surface area contributed by atoms with Gasteiger partial charge >= 0.3 is 0 Å². The number of hydrogen-bond acceptors (Lipinski definition) is 7. The Kier molecular flexibility index (Phi) is 6.50. The zero-order chi connectivity index (χ0) is 23.0. The molecule has 2 aromatic carbocycles. The summed E-state index contributed by atoms with van der Waals surface area (Å²) in [7, 11) is -3.72. The number of sulfonamides is 1. The Morgan fingerprint density at radius 1 is 1.00 bits per heavy atom. The zero-order valence-electron chi connectivity index (χ0n) is 17.8. The number of likely N-dealkylation sites (tertiary alicyclic amines) is 1. The molecule has 0 spiro atoms. The molecule has 0 amide bonds. The second-order valence-electron chi connectivity index (χ2n) is 8.35. The lowest BCUT2D eigenvalue weighted by molar-refractivity contribution is 0.0479. The van der Waals surface area contributed by atoms with Crippen molar-refractivity contribution in [2.24, 2.45) is 5.92 Å². The predicted molar refractivity (Wildman–Crippen MR) is 123 cm³/mol. The lowest BCUT2D eigenvalue weighted by atomic mass is 9.97. The third-order valence-corrected chi connectivity index (χ3v) is 8.49. The molecule has 178 valence electrons. The van der Waals surface area contributed by atoms with Crippen LogP contribution in [0.25, 0.3) is 0 Å². The molecule has 2 aromatic rings. The van der Waals surface area contributed by atoms with E-state index in [1.165, 1.54) is 6.07 Å². The van der Waals surface area contributed by atoms with Gasteiger partial charge in [0.15, 0.2) is 23.0 Å². The molecule has 0 radical (unpaired) electrons. The van der Waals surface area contributed by atoms with Crippen LogP contribution in [0.2, 0.25) is 10.0 Å². The number of piperidine rings is 1. The van der Waals surface area contributed by atoms with Gasteiger partial charge < -0.3 is 18.9 Å². The van der Waals surface area contributed by atoms with Gasteiger partial charge in [0.1, 0.15) is 17.6 Å². The monoisotopic (exact) mass is 514 g/mol. The maximum Gasteiger partial charge on any atom is 0.242 e. The van der Waals surface area contributed by atoms with Gasteiger partial charge in [0.05, 0.1) is 10.0 Å². The molecular weight excluding hydrogens is 491 g/mol. The Hall–Kier alpha value is -1.91. The zero-order valence-corrected chi connectivity index (χ0v) is 20.1. The first-order valence-corrected chi connectivity index (χ1v) is 13.0. The molecule has 0 aromatic heterocycles. The van der Waals surface area contributed by atoms with Gasteiger partial charge in [-0.25, -0.2) is 13.1 Å². The largest absolute Gasteiger partial charge is 0.486 e. The van der Waals surface area contributed by atoms with E-state index >= 15 is 0 Å². The molecule has 0 aliphatic carbocycles. The van der Waals surface area contributed by atoms with Crippen molar-refractivity contribution >= 4 is 33.2 Å². The van der Waals surface area contributed by atoms with Crippen molar-refractivity contribution in [2.75, 3.05) is 39.6 Å². The second kappa shape index (κ2) is 9.38. The highest BCUT2D eigenvalue weighted by Crippen LogP contribution is 2.44. The minimum atomic E-state index is -3.72. The van der Waals surface area contributed by atoms with E-state index in [0.717, 1.165) is 32.5 Å². The fraction of sp³-hybridized carbons (Fsp3) is 0.455. The van der Waals surface area contributed by atoms with E-state index in [1.807, 2.05) is 6.07 Å². The number of ether oxygens (including phenoxy) is 4. The van der Waals surface area contributed by atoms with Gasteiger partial charge in [0.25, 0.3) is 0 Å². The molecule has 1 fully saturated rings. The van der Waals surface area contributed by atoms with Crippen molar-refractivity contribution in [3.63, 3.8) is 0 Å². The molecular formula is C22H24Cl2N2O6S. The summed E-state index contributed by atoms with van der Waals surface area (Å²) in [5.74, 6) is 2.92. The summed E-state index contributed by atoms with van der Waals surface area (Å²) < 4.78 is 50.8. The minimum absolute atomic E-state index is 0.00596. The smallest absolute Gasteiger partial charge is 0.242 e. The number of hydrogen-bond donors (Lipinski definition) is 1. The minimum Gasteiger partial charge on any atom is -0.486 e. The average Bonchev–Trinajstić information content (AvgIpc) is 3.26. The molecule has 8 nitrogen and oxygen atoms in total. The van der Waals surface area contributed by atoms with Gasteiger partial charge in [-0.1, -0.05) is 29.3 Å². The summed E-state index contributed by atoms with van der Waals surface area (Å²) in [6, 6.07) is 8.21. The first-order chi connectivity index (χ1) is 15.9. The quantitative estimate of drug-likeness (QED) is 0.630. The van der Waals surface area contributed by atoms with Crippen LogP contribution in [-0.2, 0) is 10.0 Å². The van der Waals surface area contributed by atoms with Crippen LogP contribution in [0.3, 0.4) is 0 Å². The number of halogens is 2. The van der Waals surface area contributed by atoms with Gasteiger partial charge in [-0.15, -0.1) is 0 Å². The topological polar surface area (TPSA) is 86.3 Å². The lowest BCUT2D eigenvalue weighted by Gasteiger charge is -2.35. The highest BCUT2D eigenvalue weighted by molar-refractivity contribution is 7.89. The van der Waals surface area contributed by atoms with Crippen molar-refractivity contribution in [1.82, 2.24) is 9.62 Å². The third kappa shape index (κ3) is 4.97. The summed E-state index contributed by atoms with van der Waals surface area (Å²) in [6.45, 7) is 3.50. The molecule has 3 aliphatic rings. The van der Waals surface area contributed by atoms with Crippen LogP contribution >= 0.6 is 23.2 Å². The molecule has 0 unspecified atom stereocenters. The average molecular weight is 515 g/mol. The second-order valence-corrected chi connectivity index (χ2v) is 10.9. The molecule has 11 heteroatoms. The maximum absolute atomic E-state index is 12.6. The van der Waals surface area contributed by atoms with Crippen LogP contribution in [0.15, 0.2) is 35.2 Å². The van der Waals surface area contributed by atoms with Crippen LogP contribution in [0.1, 0.15) is 12.8 Å². The highest BCUT2D eigenvalue weighted by Gasteiger charge is 2.29. The van der Waals surface area contributed by atoms with E-state index in [1.54, 1.807) is 18.2 Å². The van der Waals surface area contributed by atoms with E-state index in [9.17, 15) is 8.42 Å². The molecule has 0 bridgehead atoms. The van der Waals surface area contributed by atoms with Crippen molar-refractivity contribution in [3.05, 3.63) is 40.4 Å². The van der Waals surface area contributed by atoms with Crippen LogP contribution in [0.5, 0.6) is 23.0 Å². The van der Waals surface area contributed by atoms with E-state index in [0.29, 0.717) is 36.1 Å². The molecule has 5 rings (SSSR count). The van der Waals surface area contributed by atoms with Gasteiger partial charge in [-0.2, -0.15) is 0 Å². The third-order valence-electron chi connectivity index (χ3n) is 6.09. The van der Waals surface area contributed by atoms with Crippen molar-refractivity contribution < 1.29 is 27.4 Å². The fourth-order valence-electron chi connectivity index (χ4n) is 4.25. The fourth-order valence-corrected chi connectivity index (χ4v) is 6.13. The summed E-state index contributed by atoms with van der Waals surface area (Å²) in [5.41, 5.74) is 0. The standard InChI is InChI=1S/C22H24Cl2N2O6S/c23-16-2-1-3-21(22(16)24)33(27,28)25-10-14-4-6-26(7-5-14)11-15-12-29-19-8-17-18(31-13-30-17)9-20(19)32-15/h1-3,8-9,14-15,25H,4-7,10-13H2/t15-/m0/s1. The van der Waals surface area contributed by atoms with Crippen molar-refractivity contribution in [1.29, 1.82) is 0 Å². The van der Waals surface area contributed by atoms with E-state index < -0.39 is 10.0 Å². The van der Waals surface area contributed by atoms with E-state index in [4.69, 9.17) is 42.1 Å². The Balaban J connectivity index is 1.10. The Morgan fingerprint density at radius 2 is 1.70 bits per heavy atom. The first kappa shape index (κ1) is 22.9. The summed E-state index contributed by atoms with van der Waals surface area (Å²) >= 11 is 12.0. The number of fused-ring (bicyclic) bond motifs is 2. The molecule has 1 N–H and O–H groups in total. The van der Waals surface area contributed by atoms with E-state index in [-0.39, 0.29) is 33.8 Å². The molecule has 3 heterocycles. The summed E-state index contributed by atoms with van der Waals surface area (Å²) in [4.78, 5) is 2.33. The Labute approximate surface area is 202 Å². The molecule has 3 aliphatic heterocycles. The first-order valence-electron chi connectivity index (χ1n) is 10.8. The Bertz CT molecular complexity index is 1140. The van der Waals surface area contributed by atoms with Gasteiger partial charge in [-0.05, 0) is 44.0 Å². The molecule has 1 saturated heterocycles. The molecule has 0 saturated carbocycles. The number of benzene rings is 2. The van der Waals surface area contributed by atoms with Gasteiger partial charge in [0.2, 0.25) is 16.8 Å². The van der Waals surface area contributed by atoms with Crippen LogP contribution < -0.4 is 23.7 Å².